The lowest BCUT2D eigenvalue weighted by Crippen LogP contribution is -2.32. The minimum Gasteiger partial charge on any atom is -0.467 e. The van der Waals surface area contributed by atoms with E-state index in [0.29, 0.717) is 11.8 Å². The number of nitrogens with zero attached hydrogens (tertiary/aromatic N) is 3. The van der Waals surface area contributed by atoms with Gasteiger partial charge in [0.05, 0.1) is 11.7 Å². The summed E-state index contributed by atoms with van der Waals surface area (Å²) in [7, 11) is 0. The molecule has 3 heterocycles. The number of fused-ring (bicyclic) bond motifs is 2. The van der Waals surface area contributed by atoms with E-state index in [1.807, 2.05) is 19.9 Å². The van der Waals surface area contributed by atoms with E-state index in [2.05, 4.69) is 38.5 Å². The third-order valence-electron chi connectivity index (χ3n) is 6.08. The van der Waals surface area contributed by atoms with Crippen molar-refractivity contribution in [1.29, 1.82) is 0 Å². The SMILES string of the molecule is Cc1ccc2c(n1)CC[C@@H]2NC(=O)COc1nc2[nH]nc(C3CC3)c2c(C)c1C. The first kappa shape index (κ1) is 18.1. The van der Waals surface area contributed by atoms with Crippen LogP contribution >= 0.6 is 0 Å². The first-order chi connectivity index (χ1) is 14.0. The summed E-state index contributed by atoms with van der Waals surface area (Å²) >= 11 is 0. The largest absolute Gasteiger partial charge is 0.467 e. The number of aromatic amines is 1. The maximum absolute atomic E-state index is 12.5. The van der Waals surface area contributed by atoms with Crippen LogP contribution in [-0.2, 0) is 11.2 Å². The van der Waals surface area contributed by atoms with Gasteiger partial charge in [0.1, 0.15) is 0 Å². The van der Waals surface area contributed by atoms with Gasteiger partial charge in [0.25, 0.3) is 5.91 Å². The van der Waals surface area contributed by atoms with Crippen LogP contribution in [0, 0.1) is 20.8 Å². The Morgan fingerprint density at radius 3 is 2.79 bits per heavy atom. The lowest BCUT2D eigenvalue weighted by Gasteiger charge is -2.15. The molecule has 1 atom stereocenters. The van der Waals surface area contributed by atoms with Gasteiger partial charge in [-0.25, -0.2) is 0 Å². The molecule has 2 aliphatic rings. The van der Waals surface area contributed by atoms with E-state index in [4.69, 9.17) is 4.74 Å². The number of rotatable bonds is 5. The number of pyridine rings is 2. The van der Waals surface area contributed by atoms with Gasteiger partial charge in [-0.2, -0.15) is 10.1 Å². The summed E-state index contributed by atoms with van der Waals surface area (Å²) in [5.41, 5.74) is 7.13. The minimum absolute atomic E-state index is 0.00109. The summed E-state index contributed by atoms with van der Waals surface area (Å²) in [6.07, 6.45) is 4.15. The van der Waals surface area contributed by atoms with Gasteiger partial charge >= 0.3 is 0 Å². The fraction of sp³-hybridized carbons (Fsp3) is 0.455. The lowest BCUT2D eigenvalue weighted by molar-refractivity contribution is -0.123. The van der Waals surface area contributed by atoms with Crippen molar-refractivity contribution in [2.24, 2.45) is 0 Å². The molecule has 5 rings (SSSR count). The average molecular weight is 391 g/mol. The fourth-order valence-electron chi connectivity index (χ4n) is 4.22. The van der Waals surface area contributed by atoms with Crippen LogP contribution in [0.2, 0.25) is 0 Å². The molecule has 2 N–H and O–H groups in total. The number of aromatic nitrogens is 4. The normalized spacial score (nSPS) is 18.1. The Kier molecular flexibility index (Phi) is 4.26. The highest BCUT2D eigenvalue weighted by molar-refractivity contribution is 5.84. The molecule has 0 aliphatic heterocycles. The van der Waals surface area contributed by atoms with Crippen LogP contribution < -0.4 is 10.1 Å². The Morgan fingerprint density at radius 1 is 1.17 bits per heavy atom. The number of amides is 1. The molecule has 3 aromatic heterocycles. The quantitative estimate of drug-likeness (QED) is 0.696. The van der Waals surface area contributed by atoms with E-state index in [0.717, 1.165) is 57.6 Å². The Labute approximate surface area is 169 Å². The van der Waals surface area contributed by atoms with Crippen LogP contribution in [0.25, 0.3) is 11.0 Å². The monoisotopic (exact) mass is 391 g/mol. The number of hydrogen-bond acceptors (Lipinski definition) is 5. The molecule has 0 unspecified atom stereocenters. The first-order valence-electron chi connectivity index (χ1n) is 10.2. The number of carbonyl (C=O) groups is 1. The summed E-state index contributed by atoms with van der Waals surface area (Å²) in [5, 5.41) is 11.7. The van der Waals surface area contributed by atoms with Crippen LogP contribution in [0.4, 0.5) is 0 Å². The van der Waals surface area contributed by atoms with Crippen molar-refractivity contribution in [3.8, 4) is 5.88 Å². The highest BCUT2D eigenvalue weighted by atomic mass is 16.5. The second-order valence-electron chi connectivity index (χ2n) is 8.21. The standard InChI is InChI=1S/C22H25N5O2/c1-11-4-7-15-16(23-11)8-9-17(15)24-18(28)10-29-22-13(3)12(2)19-20(14-5-6-14)26-27-21(19)25-22/h4,7,14,17H,5-6,8-10H2,1-3H3,(H,24,28)(H,25,26,27)/t17-/m0/s1. The summed E-state index contributed by atoms with van der Waals surface area (Å²) in [6, 6.07) is 4.06. The summed E-state index contributed by atoms with van der Waals surface area (Å²) in [6.45, 7) is 5.98. The van der Waals surface area contributed by atoms with Crippen LogP contribution in [-0.4, -0.2) is 32.7 Å². The Bertz CT molecular complexity index is 1120. The van der Waals surface area contributed by atoms with Gasteiger partial charge in [0.15, 0.2) is 12.3 Å². The Hall–Kier alpha value is -2.96. The maximum Gasteiger partial charge on any atom is 0.258 e. The predicted octanol–water partition coefficient (Wildman–Crippen LogP) is 3.34. The summed E-state index contributed by atoms with van der Waals surface area (Å²) in [4.78, 5) is 21.7. The smallest absolute Gasteiger partial charge is 0.258 e. The van der Waals surface area contributed by atoms with Gasteiger partial charge in [-0.05, 0) is 63.6 Å². The number of carbonyl (C=O) groups excluding carboxylic acids is 1. The van der Waals surface area contributed by atoms with Crippen LogP contribution in [0.1, 0.15) is 65.0 Å². The van der Waals surface area contributed by atoms with E-state index in [1.54, 1.807) is 0 Å². The Balaban J connectivity index is 1.29. The number of H-pyrrole nitrogens is 1. The Morgan fingerprint density at radius 2 is 2.00 bits per heavy atom. The molecule has 3 aromatic rings. The van der Waals surface area contributed by atoms with Crippen molar-refractivity contribution in [3.63, 3.8) is 0 Å². The summed E-state index contributed by atoms with van der Waals surface area (Å²) < 4.78 is 5.80. The zero-order valence-electron chi connectivity index (χ0n) is 17.0. The molecule has 29 heavy (non-hydrogen) atoms. The van der Waals surface area contributed by atoms with Crippen LogP contribution in [0.5, 0.6) is 5.88 Å². The van der Waals surface area contributed by atoms with E-state index in [-0.39, 0.29) is 18.6 Å². The maximum atomic E-state index is 12.5. The van der Waals surface area contributed by atoms with Crippen molar-refractivity contribution < 1.29 is 9.53 Å². The molecule has 2 aliphatic carbocycles. The van der Waals surface area contributed by atoms with E-state index in [9.17, 15) is 4.79 Å². The minimum atomic E-state index is -0.148. The van der Waals surface area contributed by atoms with Gasteiger partial charge in [-0.15, -0.1) is 0 Å². The van der Waals surface area contributed by atoms with Crippen molar-refractivity contribution in [2.75, 3.05) is 6.61 Å². The van der Waals surface area contributed by atoms with Gasteiger partial charge in [0.2, 0.25) is 5.88 Å². The van der Waals surface area contributed by atoms with Crippen LogP contribution in [0.3, 0.4) is 0 Å². The van der Waals surface area contributed by atoms with Gasteiger partial charge in [-0.1, -0.05) is 6.07 Å². The zero-order valence-corrected chi connectivity index (χ0v) is 17.0. The summed E-state index contributed by atoms with van der Waals surface area (Å²) in [5.74, 6) is 0.889. The van der Waals surface area contributed by atoms with Gasteiger partial charge in [0, 0.05) is 28.3 Å². The number of ether oxygens (including phenoxy) is 1. The first-order valence-corrected chi connectivity index (χ1v) is 10.2. The molecule has 0 bridgehead atoms. The average Bonchev–Trinajstić information content (AvgIpc) is 3.35. The van der Waals surface area contributed by atoms with Crippen molar-refractivity contribution in [2.45, 2.75) is 58.4 Å². The molecule has 7 heteroatoms. The van der Waals surface area contributed by atoms with Crippen LogP contribution in [0.15, 0.2) is 12.1 Å². The molecular weight excluding hydrogens is 366 g/mol. The molecule has 0 saturated heterocycles. The van der Waals surface area contributed by atoms with E-state index < -0.39 is 0 Å². The third-order valence-corrected chi connectivity index (χ3v) is 6.08. The predicted molar refractivity (Wildman–Crippen MR) is 109 cm³/mol. The topological polar surface area (TPSA) is 92.8 Å². The van der Waals surface area contributed by atoms with Crippen molar-refractivity contribution in [3.05, 3.63) is 45.9 Å². The molecule has 7 nitrogen and oxygen atoms in total. The number of aryl methyl sites for hydroxylation is 3. The molecule has 1 saturated carbocycles. The number of hydrogen-bond donors (Lipinski definition) is 2. The highest BCUT2D eigenvalue weighted by Crippen LogP contribution is 2.43. The molecule has 0 radical (unpaired) electrons. The lowest BCUT2D eigenvalue weighted by atomic mass is 10.1. The fourth-order valence-corrected chi connectivity index (χ4v) is 4.22. The molecule has 150 valence electrons. The zero-order chi connectivity index (χ0) is 20.1. The molecule has 1 fully saturated rings. The molecule has 0 aromatic carbocycles. The van der Waals surface area contributed by atoms with Gasteiger partial charge < -0.3 is 10.1 Å². The highest BCUT2D eigenvalue weighted by Gasteiger charge is 2.30. The second kappa shape index (κ2) is 6.83. The van der Waals surface area contributed by atoms with E-state index >= 15 is 0 Å². The van der Waals surface area contributed by atoms with E-state index in [1.165, 1.54) is 12.8 Å². The molecule has 0 spiro atoms. The second-order valence-corrected chi connectivity index (χ2v) is 8.21. The van der Waals surface area contributed by atoms with Gasteiger partial charge in [-0.3, -0.25) is 14.9 Å². The third kappa shape index (κ3) is 3.24. The number of nitrogens with one attached hydrogen (secondary N) is 2. The molecule has 1 amide bonds. The van der Waals surface area contributed by atoms with Crippen molar-refractivity contribution in [1.82, 2.24) is 25.5 Å². The van der Waals surface area contributed by atoms with Crippen molar-refractivity contribution >= 4 is 16.9 Å². The molecular formula is C22H25N5O2.